The predicted molar refractivity (Wildman–Crippen MR) is 91.9 cm³/mol. The van der Waals surface area contributed by atoms with E-state index >= 15 is 0 Å². The van der Waals surface area contributed by atoms with E-state index in [1.54, 1.807) is 11.6 Å². The van der Waals surface area contributed by atoms with Crippen LogP contribution in [0.3, 0.4) is 0 Å². The van der Waals surface area contributed by atoms with E-state index in [1.807, 2.05) is 52.9 Å². The van der Waals surface area contributed by atoms with Crippen molar-refractivity contribution in [1.82, 2.24) is 4.57 Å². The molecule has 5 heteroatoms. The number of hydrogen-bond donors (Lipinski definition) is 0. The summed E-state index contributed by atoms with van der Waals surface area (Å²) in [5.74, 6) is 3.11. The van der Waals surface area contributed by atoms with Crippen molar-refractivity contribution in [2.24, 2.45) is 7.05 Å². The third-order valence-corrected chi connectivity index (χ3v) is 4.27. The second kappa shape index (κ2) is 6.46. The van der Waals surface area contributed by atoms with Crippen molar-refractivity contribution < 1.29 is 4.74 Å². The van der Waals surface area contributed by atoms with Gasteiger partial charge in [0.05, 0.1) is 9.26 Å². The van der Waals surface area contributed by atoms with Gasteiger partial charge in [0.2, 0.25) is 0 Å². The molecule has 2 aromatic rings. The number of rotatable bonds is 3. The number of nitrogens with zero attached hydrogens (tertiary/aromatic N) is 1. The van der Waals surface area contributed by atoms with Gasteiger partial charge in [-0.3, -0.25) is 4.79 Å². The first-order valence-corrected chi connectivity index (χ1v) is 7.63. The molecule has 0 bridgehead atoms. The number of ether oxygens (including phenoxy) is 1. The second-order valence-corrected chi connectivity index (χ2v) is 6.08. The zero-order valence-electron chi connectivity index (χ0n) is 10.7. The van der Waals surface area contributed by atoms with Crippen molar-refractivity contribution in [3.63, 3.8) is 0 Å². The summed E-state index contributed by atoms with van der Waals surface area (Å²) >= 11 is 5.54. The maximum Gasteiger partial charge on any atom is 0.264 e. The van der Waals surface area contributed by atoms with Gasteiger partial charge in [-0.1, -0.05) is 5.92 Å². The molecule has 0 fully saturated rings. The molecule has 0 N–H and O–H groups in total. The van der Waals surface area contributed by atoms with Crippen LogP contribution in [0.15, 0.2) is 39.6 Å². The zero-order chi connectivity index (χ0) is 14.7. The first-order chi connectivity index (χ1) is 9.54. The van der Waals surface area contributed by atoms with Gasteiger partial charge in [-0.15, -0.1) is 6.42 Å². The van der Waals surface area contributed by atoms with Gasteiger partial charge in [-0.05, 0) is 68.9 Å². The van der Waals surface area contributed by atoms with Crippen molar-refractivity contribution in [1.29, 1.82) is 0 Å². The van der Waals surface area contributed by atoms with Crippen molar-refractivity contribution in [2.75, 3.05) is 6.61 Å². The van der Waals surface area contributed by atoms with E-state index in [2.05, 4.69) is 21.9 Å². The molecule has 0 atom stereocenters. The SMILES string of the molecule is C#CCOc1ccc(-c2ccc(I)c(=O)n2C)c(Br)c1. The molecule has 1 heterocycles. The van der Waals surface area contributed by atoms with Crippen LogP contribution in [0.4, 0.5) is 0 Å². The summed E-state index contributed by atoms with van der Waals surface area (Å²) in [7, 11) is 1.76. The van der Waals surface area contributed by atoms with Gasteiger partial charge >= 0.3 is 0 Å². The largest absolute Gasteiger partial charge is 0.481 e. The topological polar surface area (TPSA) is 31.2 Å². The third-order valence-electron chi connectivity index (χ3n) is 2.80. The van der Waals surface area contributed by atoms with Crippen LogP contribution in [0.25, 0.3) is 11.3 Å². The molecule has 0 saturated carbocycles. The minimum atomic E-state index is -0.0114. The van der Waals surface area contributed by atoms with Crippen molar-refractivity contribution in [3.8, 4) is 29.4 Å². The van der Waals surface area contributed by atoms with Crippen LogP contribution < -0.4 is 10.3 Å². The first-order valence-electron chi connectivity index (χ1n) is 5.76. The van der Waals surface area contributed by atoms with E-state index in [-0.39, 0.29) is 12.2 Å². The van der Waals surface area contributed by atoms with E-state index in [0.29, 0.717) is 9.32 Å². The van der Waals surface area contributed by atoms with E-state index in [4.69, 9.17) is 11.2 Å². The highest BCUT2D eigenvalue weighted by Gasteiger charge is 2.10. The van der Waals surface area contributed by atoms with Gasteiger partial charge in [0.15, 0.2) is 0 Å². The molecule has 0 aliphatic carbocycles. The lowest BCUT2D eigenvalue weighted by Crippen LogP contribution is -2.20. The Bertz CT molecular complexity index is 747. The summed E-state index contributed by atoms with van der Waals surface area (Å²) in [6.45, 7) is 0.230. The highest BCUT2D eigenvalue weighted by molar-refractivity contribution is 14.1. The number of halogens is 2. The summed E-state index contributed by atoms with van der Waals surface area (Å²) in [5, 5.41) is 0. The lowest BCUT2D eigenvalue weighted by molar-refractivity contribution is 0.370. The van der Waals surface area contributed by atoms with Crippen molar-refractivity contribution in [3.05, 3.63) is 48.7 Å². The maximum atomic E-state index is 12.0. The Hall–Kier alpha value is -1.26. The highest BCUT2D eigenvalue weighted by Crippen LogP contribution is 2.30. The molecule has 102 valence electrons. The fourth-order valence-electron chi connectivity index (χ4n) is 1.79. The molecule has 0 unspecified atom stereocenters. The molecule has 0 aliphatic rings. The highest BCUT2D eigenvalue weighted by atomic mass is 127. The molecule has 1 aromatic carbocycles. The molecule has 0 saturated heterocycles. The number of hydrogen-bond acceptors (Lipinski definition) is 2. The maximum absolute atomic E-state index is 12.0. The van der Waals surface area contributed by atoms with Crippen molar-refractivity contribution >= 4 is 38.5 Å². The quantitative estimate of drug-likeness (QED) is 0.537. The van der Waals surface area contributed by atoms with Gasteiger partial charge in [0.1, 0.15) is 12.4 Å². The average Bonchev–Trinajstić information content (AvgIpc) is 2.44. The molecule has 0 radical (unpaired) electrons. The monoisotopic (exact) mass is 443 g/mol. The normalized spacial score (nSPS) is 10.1. The predicted octanol–water partition coefficient (Wildman–Crippen LogP) is 3.43. The van der Waals surface area contributed by atoms with Gasteiger partial charge < -0.3 is 9.30 Å². The Balaban J connectivity index is 2.47. The first kappa shape index (κ1) is 15.1. The Morgan fingerprint density at radius 3 is 2.80 bits per heavy atom. The molecule has 0 aliphatic heterocycles. The lowest BCUT2D eigenvalue weighted by Gasteiger charge is -2.12. The Morgan fingerprint density at radius 1 is 1.40 bits per heavy atom. The average molecular weight is 444 g/mol. The number of aromatic nitrogens is 1. The molecule has 1 aromatic heterocycles. The third kappa shape index (κ3) is 3.07. The van der Waals surface area contributed by atoms with Gasteiger partial charge in [0.25, 0.3) is 5.56 Å². The Morgan fingerprint density at radius 2 is 2.15 bits per heavy atom. The summed E-state index contributed by atoms with van der Waals surface area (Å²) < 4.78 is 8.54. The van der Waals surface area contributed by atoms with Crippen molar-refractivity contribution in [2.45, 2.75) is 0 Å². The molecular weight excluding hydrogens is 433 g/mol. The van der Waals surface area contributed by atoms with Crippen LogP contribution in [-0.4, -0.2) is 11.2 Å². The minimum Gasteiger partial charge on any atom is -0.481 e. The smallest absolute Gasteiger partial charge is 0.264 e. The van der Waals surface area contributed by atoms with E-state index in [1.165, 1.54) is 0 Å². The number of benzene rings is 1. The van der Waals surface area contributed by atoms with E-state index < -0.39 is 0 Å². The van der Waals surface area contributed by atoms with Gasteiger partial charge in [0, 0.05) is 17.1 Å². The molecular formula is C15H11BrINO2. The standard InChI is InChI=1S/C15H11BrINO2/c1-3-8-20-10-4-5-11(12(16)9-10)14-7-6-13(17)15(19)18(14)2/h1,4-7,9H,8H2,2H3. The number of terminal acetylenes is 1. The van der Waals surface area contributed by atoms with Gasteiger partial charge in [-0.25, -0.2) is 0 Å². The van der Waals surface area contributed by atoms with Crippen LogP contribution in [0.5, 0.6) is 5.75 Å². The molecule has 0 spiro atoms. The Kier molecular flexibility index (Phi) is 4.89. The number of pyridine rings is 1. The van der Waals surface area contributed by atoms with Gasteiger partial charge in [-0.2, -0.15) is 0 Å². The fraction of sp³-hybridized carbons (Fsp3) is 0.133. The lowest BCUT2D eigenvalue weighted by atomic mass is 10.1. The fourth-order valence-corrected chi connectivity index (χ4v) is 2.90. The molecule has 20 heavy (non-hydrogen) atoms. The van der Waals surface area contributed by atoms with Crippen LogP contribution in [-0.2, 0) is 7.05 Å². The summed E-state index contributed by atoms with van der Waals surface area (Å²) in [6, 6.07) is 9.31. The van der Waals surface area contributed by atoms with Crippen LogP contribution in [0, 0.1) is 15.9 Å². The molecule has 0 amide bonds. The van der Waals surface area contributed by atoms with Crippen LogP contribution in [0.2, 0.25) is 0 Å². The molecule has 3 nitrogen and oxygen atoms in total. The van der Waals surface area contributed by atoms with E-state index in [0.717, 1.165) is 15.7 Å². The van der Waals surface area contributed by atoms with E-state index in [9.17, 15) is 4.79 Å². The van der Waals surface area contributed by atoms with Crippen LogP contribution in [0.1, 0.15) is 0 Å². The Labute approximate surface area is 139 Å². The van der Waals surface area contributed by atoms with Crippen LogP contribution >= 0.6 is 38.5 Å². The summed E-state index contributed by atoms with van der Waals surface area (Å²) in [5.41, 5.74) is 1.75. The summed E-state index contributed by atoms with van der Waals surface area (Å²) in [6.07, 6.45) is 5.16. The minimum absolute atomic E-state index is 0.0114. The molecule has 2 rings (SSSR count). The zero-order valence-corrected chi connectivity index (χ0v) is 14.4. The summed E-state index contributed by atoms with van der Waals surface area (Å²) in [4.78, 5) is 12.0. The second-order valence-electron chi connectivity index (χ2n) is 4.07.